The largest absolute Gasteiger partial charge is 0.496 e. The first-order valence-electron chi connectivity index (χ1n) is 10.3. The fourth-order valence-electron chi connectivity index (χ4n) is 3.35. The molecule has 30 heavy (non-hydrogen) atoms. The van der Waals surface area contributed by atoms with Gasteiger partial charge in [0.05, 0.1) is 12.7 Å². The molecule has 0 fully saturated rings. The maximum atomic E-state index is 11.0. The molecule has 0 radical (unpaired) electrons. The van der Waals surface area contributed by atoms with Crippen molar-refractivity contribution in [2.75, 3.05) is 7.11 Å². The van der Waals surface area contributed by atoms with Gasteiger partial charge in [0.2, 0.25) is 0 Å². The van der Waals surface area contributed by atoms with E-state index in [0.29, 0.717) is 11.5 Å². The van der Waals surface area contributed by atoms with Crippen LogP contribution in [0.4, 0.5) is 0 Å². The Balaban J connectivity index is 2.39. The second-order valence-electron chi connectivity index (χ2n) is 9.37. The first kappa shape index (κ1) is 23.5. The Kier molecular flexibility index (Phi) is 7.65. The molecule has 0 saturated heterocycles. The van der Waals surface area contributed by atoms with Crippen LogP contribution in [0.2, 0.25) is 0 Å². The van der Waals surface area contributed by atoms with Gasteiger partial charge < -0.3 is 15.1 Å². The summed E-state index contributed by atoms with van der Waals surface area (Å²) in [6, 6.07) is 6.53. The lowest BCUT2D eigenvalue weighted by Crippen LogP contribution is -2.19. The molecule has 0 heterocycles. The maximum absolute atomic E-state index is 11.0. The number of hydrogen-bond donors (Lipinski definition) is 2. The molecule has 0 saturated carbocycles. The Bertz CT molecular complexity index is 871. The highest BCUT2D eigenvalue weighted by Gasteiger charge is 2.26. The molecule has 2 rings (SSSR count). The molecule has 2 N–H and O–H groups in total. The fourth-order valence-corrected chi connectivity index (χ4v) is 3.35. The molecule has 0 spiro atoms. The third kappa shape index (κ3) is 6.61. The molecule has 0 bridgehead atoms. The van der Waals surface area contributed by atoms with Crippen LogP contribution in [0.3, 0.4) is 0 Å². The van der Waals surface area contributed by atoms with E-state index in [-0.39, 0.29) is 16.4 Å². The maximum Gasteiger partial charge on any atom is 0.335 e. The van der Waals surface area contributed by atoms with Gasteiger partial charge in [-0.2, -0.15) is 0 Å². The molecular formula is C25H33NO4. The van der Waals surface area contributed by atoms with Gasteiger partial charge in [-0.1, -0.05) is 57.1 Å². The molecule has 5 nitrogen and oxygen atoms in total. The number of benzene rings is 1. The highest BCUT2D eigenvalue weighted by atomic mass is 16.5. The number of oxime groups is 1. The summed E-state index contributed by atoms with van der Waals surface area (Å²) in [5.74, 6) is -0.269. The van der Waals surface area contributed by atoms with Gasteiger partial charge in [0.1, 0.15) is 11.5 Å². The minimum Gasteiger partial charge on any atom is -0.496 e. The number of rotatable bonds is 5. The van der Waals surface area contributed by atoms with Crippen molar-refractivity contribution in [1.82, 2.24) is 0 Å². The first-order chi connectivity index (χ1) is 14.1. The van der Waals surface area contributed by atoms with Gasteiger partial charge in [0, 0.05) is 5.57 Å². The summed E-state index contributed by atoms with van der Waals surface area (Å²) >= 11 is 0. The second kappa shape index (κ2) is 9.79. The minimum absolute atomic E-state index is 0.121. The molecule has 0 aromatic heterocycles. The van der Waals surface area contributed by atoms with Crippen molar-refractivity contribution in [1.29, 1.82) is 0 Å². The van der Waals surface area contributed by atoms with Gasteiger partial charge in [0.15, 0.2) is 0 Å². The molecule has 1 aromatic rings. The standard InChI is InChI=1S/C25H33NO4/c1-24(2)14-12-20(22(30-5)13-15-25(3,4)17-16-24)21(26-29)11-8-18-6-9-19(10-7-18)23(27)28/h6-13,29H,14-17H2,1-5H3,(H,27,28)/b11-8+,20-12-,22-13+,26-21-. The number of carboxylic acid groups (broad SMARTS) is 1. The normalized spacial score (nSPS) is 23.2. The third-order valence-electron chi connectivity index (χ3n) is 5.64. The highest BCUT2D eigenvalue weighted by molar-refractivity contribution is 6.12. The van der Waals surface area contributed by atoms with Crippen LogP contribution < -0.4 is 0 Å². The fraction of sp³-hybridized carbons (Fsp3) is 0.440. The molecule has 0 amide bonds. The Morgan fingerprint density at radius 3 is 2.10 bits per heavy atom. The predicted octanol–water partition coefficient (Wildman–Crippen LogP) is 6.31. The molecule has 1 aromatic carbocycles. The average molecular weight is 412 g/mol. The molecular weight excluding hydrogens is 378 g/mol. The highest BCUT2D eigenvalue weighted by Crippen LogP contribution is 2.38. The predicted molar refractivity (Wildman–Crippen MR) is 121 cm³/mol. The van der Waals surface area contributed by atoms with Crippen LogP contribution in [-0.2, 0) is 4.74 Å². The molecule has 1 aliphatic rings. The van der Waals surface area contributed by atoms with Crippen molar-refractivity contribution in [2.24, 2.45) is 16.0 Å². The van der Waals surface area contributed by atoms with E-state index in [1.807, 2.05) is 0 Å². The summed E-state index contributed by atoms with van der Waals surface area (Å²) in [5.41, 5.74) is 2.47. The summed E-state index contributed by atoms with van der Waals surface area (Å²) in [7, 11) is 1.63. The van der Waals surface area contributed by atoms with Gasteiger partial charge in [-0.05, 0) is 66.4 Å². The molecule has 1 aliphatic carbocycles. The number of methoxy groups -OCH3 is 1. The van der Waals surface area contributed by atoms with E-state index in [1.54, 1.807) is 43.5 Å². The average Bonchev–Trinajstić information content (AvgIpc) is 2.70. The Morgan fingerprint density at radius 2 is 1.60 bits per heavy atom. The summed E-state index contributed by atoms with van der Waals surface area (Å²) in [6.45, 7) is 9.04. The van der Waals surface area contributed by atoms with E-state index in [9.17, 15) is 10.0 Å². The van der Waals surface area contributed by atoms with E-state index < -0.39 is 5.97 Å². The second-order valence-corrected chi connectivity index (χ2v) is 9.37. The van der Waals surface area contributed by atoms with E-state index in [2.05, 4.69) is 45.0 Å². The van der Waals surface area contributed by atoms with Crippen LogP contribution in [0.25, 0.3) is 6.08 Å². The van der Waals surface area contributed by atoms with Gasteiger partial charge in [-0.25, -0.2) is 4.79 Å². The van der Waals surface area contributed by atoms with Crippen LogP contribution in [-0.4, -0.2) is 29.1 Å². The van der Waals surface area contributed by atoms with Crippen molar-refractivity contribution < 1.29 is 19.8 Å². The van der Waals surface area contributed by atoms with Crippen LogP contribution in [0.1, 0.15) is 69.3 Å². The van der Waals surface area contributed by atoms with Crippen molar-refractivity contribution >= 4 is 17.8 Å². The SMILES string of the molecule is COC1=C/CC(C)(C)CCC(C)(C)C/C=C\1C(/C=C/c1ccc(C(=O)O)cc1)=N\O. The molecule has 0 atom stereocenters. The quantitative estimate of drug-likeness (QED) is 0.338. The zero-order valence-corrected chi connectivity index (χ0v) is 18.6. The van der Waals surface area contributed by atoms with Gasteiger partial charge >= 0.3 is 5.97 Å². The lowest BCUT2D eigenvalue weighted by Gasteiger charge is -2.31. The summed E-state index contributed by atoms with van der Waals surface area (Å²) in [6.07, 6.45) is 11.6. The Labute approximate surface area is 179 Å². The summed E-state index contributed by atoms with van der Waals surface area (Å²) in [4.78, 5) is 11.0. The van der Waals surface area contributed by atoms with Gasteiger partial charge in [-0.15, -0.1) is 0 Å². The monoisotopic (exact) mass is 411 g/mol. The number of nitrogens with zero attached hydrogens (tertiary/aromatic N) is 1. The van der Waals surface area contributed by atoms with E-state index in [0.717, 1.165) is 36.8 Å². The number of allylic oxidation sites excluding steroid dienone is 4. The third-order valence-corrected chi connectivity index (χ3v) is 5.64. The lowest BCUT2D eigenvalue weighted by atomic mass is 9.74. The minimum atomic E-state index is -0.963. The number of hydrogen-bond acceptors (Lipinski definition) is 4. The van der Waals surface area contributed by atoms with Crippen LogP contribution in [0.5, 0.6) is 0 Å². The van der Waals surface area contributed by atoms with Gasteiger partial charge in [-0.3, -0.25) is 0 Å². The number of ether oxygens (including phenoxy) is 1. The molecule has 0 unspecified atom stereocenters. The number of aromatic carboxylic acids is 1. The topological polar surface area (TPSA) is 79.1 Å². The van der Waals surface area contributed by atoms with Gasteiger partial charge in [0.25, 0.3) is 0 Å². The number of carboxylic acids is 1. The first-order valence-corrected chi connectivity index (χ1v) is 10.3. The van der Waals surface area contributed by atoms with Crippen molar-refractivity contribution in [2.45, 2.75) is 53.4 Å². The van der Waals surface area contributed by atoms with Crippen LogP contribution >= 0.6 is 0 Å². The lowest BCUT2D eigenvalue weighted by molar-refractivity contribution is 0.0697. The smallest absolute Gasteiger partial charge is 0.335 e. The zero-order chi connectivity index (χ0) is 22.4. The zero-order valence-electron chi connectivity index (χ0n) is 18.6. The van der Waals surface area contributed by atoms with Crippen LogP contribution in [0.15, 0.2) is 59.0 Å². The van der Waals surface area contributed by atoms with Crippen LogP contribution in [0, 0.1) is 10.8 Å². The van der Waals surface area contributed by atoms with E-state index in [1.165, 1.54) is 0 Å². The van der Waals surface area contributed by atoms with Crippen molar-refractivity contribution in [3.63, 3.8) is 0 Å². The molecule has 0 aliphatic heterocycles. The Morgan fingerprint density at radius 1 is 1.03 bits per heavy atom. The Hall–Kier alpha value is -2.82. The summed E-state index contributed by atoms with van der Waals surface area (Å²) < 4.78 is 5.68. The van der Waals surface area contributed by atoms with E-state index in [4.69, 9.17) is 9.84 Å². The van der Waals surface area contributed by atoms with E-state index >= 15 is 0 Å². The molecule has 5 heteroatoms. The summed E-state index contributed by atoms with van der Waals surface area (Å²) in [5, 5.41) is 22.3. The van der Waals surface area contributed by atoms with Crippen molar-refractivity contribution in [3.8, 4) is 0 Å². The number of carbonyl (C=O) groups is 1. The van der Waals surface area contributed by atoms with Crippen molar-refractivity contribution in [3.05, 3.63) is 65.0 Å². The molecule has 162 valence electrons.